The minimum absolute atomic E-state index is 0.0790. The van der Waals surface area contributed by atoms with Crippen molar-refractivity contribution in [2.45, 2.75) is 206 Å². The predicted molar refractivity (Wildman–Crippen MR) is 228 cm³/mol. The zero-order chi connectivity index (χ0) is 38.6. The molecule has 53 heavy (non-hydrogen) atoms. The molecule has 0 aliphatic heterocycles. The van der Waals surface area contributed by atoms with E-state index in [0.29, 0.717) is 12.8 Å². The largest absolute Gasteiger partial charge is 0.462 e. The average Bonchev–Trinajstić information content (AvgIpc) is 3.16. The van der Waals surface area contributed by atoms with Crippen LogP contribution in [0.15, 0.2) is 72.9 Å². The quantitative estimate of drug-likeness (QED) is 0.0386. The molecule has 5 heteroatoms. The molecule has 1 N–H and O–H groups in total. The Morgan fingerprint density at radius 2 is 0.811 bits per heavy atom. The van der Waals surface area contributed by atoms with Crippen LogP contribution in [0.4, 0.5) is 0 Å². The lowest BCUT2D eigenvalue weighted by Crippen LogP contribution is -2.28. The van der Waals surface area contributed by atoms with Gasteiger partial charge in [-0.2, -0.15) is 0 Å². The van der Waals surface area contributed by atoms with Crippen LogP contribution in [-0.2, 0) is 19.1 Å². The van der Waals surface area contributed by atoms with Gasteiger partial charge < -0.3 is 14.6 Å². The van der Waals surface area contributed by atoms with Crippen LogP contribution in [0.2, 0.25) is 0 Å². The molecule has 0 heterocycles. The fourth-order valence-electron chi connectivity index (χ4n) is 5.93. The zero-order valence-corrected chi connectivity index (χ0v) is 34.5. The van der Waals surface area contributed by atoms with Gasteiger partial charge in [-0.05, 0) is 83.5 Å². The van der Waals surface area contributed by atoms with Crippen molar-refractivity contribution in [3.63, 3.8) is 0 Å². The highest BCUT2D eigenvalue weighted by atomic mass is 16.6. The Labute approximate surface area is 327 Å². The molecule has 0 aliphatic rings. The Morgan fingerprint density at radius 1 is 0.453 bits per heavy atom. The first kappa shape index (κ1) is 50.3. The second kappa shape index (κ2) is 43.7. The molecule has 0 aromatic heterocycles. The smallest absolute Gasteiger partial charge is 0.306 e. The van der Waals surface area contributed by atoms with Gasteiger partial charge in [0.05, 0.1) is 6.61 Å². The molecule has 0 amide bonds. The summed E-state index contributed by atoms with van der Waals surface area (Å²) in [5, 5.41) is 9.59. The van der Waals surface area contributed by atoms with E-state index in [4.69, 9.17) is 9.47 Å². The monoisotopic (exact) mass is 739 g/mol. The third-order valence-electron chi connectivity index (χ3n) is 9.23. The van der Waals surface area contributed by atoms with Crippen LogP contribution >= 0.6 is 0 Å². The highest BCUT2D eigenvalue weighted by molar-refractivity contribution is 5.70. The van der Waals surface area contributed by atoms with Crippen molar-refractivity contribution in [1.82, 2.24) is 0 Å². The molecule has 0 saturated carbocycles. The summed E-state index contributed by atoms with van der Waals surface area (Å²) < 4.78 is 10.6. The number of allylic oxidation sites excluding steroid dienone is 12. The minimum Gasteiger partial charge on any atom is -0.462 e. The van der Waals surface area contributed by atoms with E-state index in [-0.39, 0.29) is 25.2 Å². The Hall–Kier alpha value is -2.66. The molecule has 0 aromatic carbocycles. The van der Waals surface area contributed by atoms with Crippen LogP contribution in [0.25, 0.3) is 0 Å². The van der Waals surface area contributed by atoms with Crippen molar-refractivity contribution in [3.8, 4) is 0 Å². The molecule has 1 atom stereocenters. The first-order valence-corrected chi connectivity index (χ1v) is 22.0. The average molecular weight is 739 g/mol. The van der Waals surface area contributed by atoms with Gasteiger partial charge in [-0.1, -0.05) is 177 Å². The van der Waals surface area contributed by atoms with Gasteiger partial charge in [0, 0.05) is 12.8 Å². The number of esters is 2. The third-order valence-corrected chi connectivity index (χ3v) is 9.23. The summed E-state index contributed by atoms with van der Waals surface area (Å²) in [6, 6.07) is 0. The standard InChI is InChI=1S/C48H82O5/c1-3-5-7-9-11-13-15-17-19-21-23-24-25-27-29-31-33-35-37-39-41-43-48(51)53-46(44-49)45-52-47(50)42-40-38-36-34-32-30-28-26-22-20-18-16-14-12-10-8-6-4-2/h5,7,11,13,17,19-20,22-24,27,29,46,49H,3-4,6,8-10,12,14-16,18,21,25-26,28,30-45H2,1-2H3/b7-5-,13-11-,19-17-,22-20-,24-23-,29-27-. The molecule has 0 fully saturated rings. The van der Waals surface area contributed by atoms with Crippen molar-refractivity contribution in [2.24, 2.45) is 0 Å². The Kier molecular flexibility index (Phi) is 41.5. The SMILES string of the molecule is CC/C=C\C/C=C\C/C=C\C/C=C\C/C=C\CCCCCCCC(=O)OC(CO)COC(=O)CCCCCCCCC/C=C\CCCCCCCCC. The topological polar surface area (TPSA) is 72.8 Å². The maximum absolute atomic E-state index is 12.2. The summed E-state index contributed by atoms with van der Waals surface area (Å²) in [5.74, 6) is -0.620. The van der Waals surface area contributed by atoms with Gasteiger partial charge in [-0.15, -0.1) is 0 Å². The van der Waals surface area contributed by atoms with E-state index >= 15 is 0 Å². The molecule has 0 rings (SSSR count). The summed E-state index contributed by atoms with van der Waals surface area (Å²) in [6.07, 6.45) is 58.2. The lowest BCUT2D eigenvalue weighted by atomic mass is 10.1. The van der Waals surface area contributed by atoms with E-state index in [1.165, 1.54) is 83.5 Å². The van der Waals surface area contributed by atoms with Crippen molar-refractivity contribution >= 4 is 11.9 Å². The number of carbonyl (C=O) groups is 2. The van der Waals surface area contributed by atoms with Crippen molar-refractivity contribution < 1.29 is 24.2 Å². The van der Waals surface area contributed by atoms with E-state index < -0.39 is 6.10 Å². The molecule has 5 nitrogen and oxygen atoms in total. The van der Waals surface area contributed by atoms with Crippen LogP contribution in [0.1, 0.15) is 200 Å². The lowest BCUT2D eigenvalue weighted by Gasteiger charge is -2.15. The fourth-order valence-corrected chi connectivity index (χ4v) is 5.93. The fraction of sp³-hybridized carbons (Fsp3) is 0.708. The summed E-state index contributed by atoms with van der Waals surface area (Å²) in [4.78, 5) is 24.3. The molecule has 0 aliphatic carbocycles. The first-order chi connectivity index (χ1) is 26.1. The van der Waals surface area contributed by atoms with Gasteiger partial charge in [-0.3, -0.25) is 9.59 Å². The predicted octanol–water partition coefficient (Wildman–Crippen LogP) is 14.1. The molecule has 0 radical (unpaired) electrons. The number of aliphatic hydroxyl groups is 1. The van der Waals surface area contributed by atoms with Crippen LogP contribution in [0.3, 0.4) is 0 Å². The van der Waals surface area contributed by atoms with Gasteiger partial charge in [0.2, 0.25) is 0 Å². The molecule has 1 unspecified atom stereocenters. The number of aliphatic hydroxyl groups excluding tert-OH is 1. The molecule has 0 bridgehead atoms. The van der Waals surface area contributed by atoms with Gasteiger partial charge in [0.15, 0.2) is 6.10 Å². The number of hydrogen-bond donors (Lipinski definition) is 1. The highest BCUT2D eigenvalue weighted by Gasteiger charge is 2.16. The second-order valence-electron chi connectivity index (χ2n) is 14.4. The molecule has 0 saturated heterocycles. The molecule has 0 spiro atoms. The lowest BCUT2D eigenvalue weighted by molar-refractivity contribution is -0.161. The molecule has 304 valence electrons. The van der Waals surface area contributed by atoms with Crippen LogP contribution in [0.5, 0.6) is 0 Å². The molecule has 0 aromatic rings. The van der Waals surface area contributed by atoms with Crippen LogP contribution in [-0.4, -0.2) is 36.4 Å². The van der Waals surface area contributed by atoms with E-state index in [9.17, 15) is 14.7 Å². The summed E-state index contributed by atoms with van der Waals surface area (Å²) in [7, 11) is 0. The van der Waals surface area contributed by atoms with Gasteiger partial charge in [0.1, 0.15) is 6.61 Å². The maximum atomic E-state index is 12.2. The minimum atomic E-state index is -0.787. The number of ether oxygens (including phenoxy) is 2. The molecular weight excluding hydrogens is 657 g/mol. The Morgan fingerprint density at radius 3 is 1.25 bits per heavy atom. The zero-order valence-electron chi connectivity index (χ0n) is 34.5. The maximum Gasteiger partial charge on any atom is 0.306 e. The number of carbonyl (C=O) groups excluding carboxylic acids is 2. The van der Waals surface area contributed by atoms with Crippen molar-refractivity contribution in [2.75, 3.05) is 13.2 Å². The van der Waals surface area contributed by atoms with Gasteiger partial charge >= 0.3 is 11.9 Å². The van der Waals surface area contributed by atoms with Crippen molar-refractivity contribution in [3.05, 3.63) is 72.9 Å². The van der Waals surface area contributed by atoms with Gasteiger partial charge in [0.25, 0.3) is 0 Å². The highest BCUT2D eigenvalue weighted by Crippen LogP contribution is 2.13. The third kappa shape index (κ3) is 42.0. The van der Waals surface area contributed by atoms with Gasteiger partial charge in [-0.25, -0.2) is 0 Å². The Bertz CT molecular complexity index is 972. The number of rotatable bonds is 39. The van der Waals surface area contributed by atoms with E-state index in [1.54, 1.807) is 0 Å². The van der Waals surface area contributed by atoms with E-state index in [2.05, 4.69) is 86.8 Å². The summed E-state index contributed by atoms with van der Waals surface area (Å²) in [5.41, 5.74) is 0. The number of unbranched alkanes of at least 4 members (excludes halogenated alkanes) is 19. The normalized spacial score (nSPS) is 12.9. The van der Waals surface area contributed by atoms with Crippen LogP contribution in [0, 0.1) is 0 Å². The summed E-state index contributed by atoms with van der Waals surface area (Å²) in [6.45, 7) is 4.00. The first-order valence-electron chi connectivity index (χ1n) is 22.0. The van der Waals surface area contributed by atoms with E-state index in [1.807, 2.05) is 0 Å². The molecular formula is C48H82O5. The van der Waals surface area contributed by atoms with E-state index in [0.717, 1.165) is 89.9 Å². The van der Waals surface area contributed by atoms with Crippen molar-refractivity contribution in [1.29, 1.82) is 0 Å². The van der Waals surface area contributed by atoms with Crippen LogP contribution < -0.4 is 0 Å². The number of hydrogen-bond acceptors (Lipinski definition) is 5. The second-order valence-corrected chi connectivity index (χ2v) is 14.4. The Balaban J connectivity index is 3.61. The summed E-state index contributed by atoms with van der Waals surface area (Å²) >= 11 is 0.